The summed E-state index contributed by atoms with van der Waals surface area (Å²) in [5, 5.41) is 0.0203. The minimum absolute atomic E-state index is 0.0203. The topological polar surface area (TPSA) is 51.0 Å². The Morgan fingerprint density at radius 1 is 1.52 bits per heavy atom. The first-order valence-corrected chi connectivity index (χ1v) is 7.02. The van der Waals surface area contributed by atoms with Gasteiger partial charge in [0.2, 0.25) is 0 Å². The van der Waals surface area contributed by atoms with Crippen LogP contribution >= 0.6 is 11.6 Å². The maximum Gasteiger partial charge on any atom is 0.257 e. The van der Waals surface area contributed by atoms with Crippen molar-refractivity contribution >= 4 is 17.5 Å². The van der Waals surface area contributed by atoms with Gasteiger partial charge in [0.15, 0.2) is 0 Å². The molecule has 2 aromatic rings. The van der Waals surface area contributed by atoms with E-state index in [4.69, 9.17) is 11.6 Å². The Morgan fingerprint density at radius 2 is 2.29 bits per heavy atom. The van der Waals surface area contributed by atoms with Gasteiger partial charge in [0.25, 0.3) is 5.91 Å². The summed E-state index contributed by atoms with van der Waals surface area (Å²) in [7, 11) is 1.87. The monoisotopic (exact) mass is 308 g/mol. The van der Waals surface area contributed by atoms with Crippen LogP contribution in [-0.2, 0) is 13.6 Å². The maximum absolute atomic E-state index is 13.3. The van der Waals surface area contributed by atoms with E-state index < -0.39 is 5.82 Å². The Kier molecular flexibility index (Phi) is 3.63. The Balaban J connectivity index is 1.88. The quantitative estimate of drug-likeness (QED) is 0.815. The summed E-state index contributed by atoms with van der Waals surface area (Å²) in [6.07, 6.45) is 6.38. The molecule has 0 aromatic carbocycles. The van der Waals surface area contributed by atoms with Crippen LogP contribution < -0.4 is 0 Å². The Hall–Kier alpha value is -1.95. The Bertz CT molecular complexity index is 683. The second kappa shape index (κ2) is 5.44. The van der Waals surface area contributed by atoms with Crippen molar-refractivity contribution in [3.63, 3.8) is 0 Å². The van der Waals surface area contributed by atoms with Gasteiger partial charge in [0.1, 0.15) is 16.8 Å². The number of nitrogens with zero attached hydrogens (tertiary/aromatic N) is 4. The summed E-state index contributed by atoms with van der Waals surface area (Å²) < 4.78 is 15.2. The van der Waals surface area contributed by atoms with Crippen LogP contribution in [0.3, 0.4) is 0 Å². The minimum atomic E-state index is -0.574. The third kappa shape index (κ3) is 2.90. The Morgan fingerprint density at radius 3 is 2.90 bits per heavy atom. The van der Waals surface area contributed by atoms with Gasteiger partial charge in [0.05, 0.1) is 18.3 Å². The summed E-state index contributed by atoms with van der Waals surface area (Å²) in [4.78, 5) is 22.2. The first kappa shape index (κ1) is 14.0. The molecule has 0 radical (unpaired) electrons. The number of rotatable bonds is 4. The highest BCUT2D eigenvalue weighted by molar-refractivity contribution is 6.32. The van der Waals surface area contributed by atoms with Gasteiger partial charge < -0.3 is 9.47 Å². The smallest absolute Gasteiger partial charge is 0.257 e. The molecule has 2 heterocycles. The van der Waals surface area contributed by atoms with Crippen molar-refractivity contribution in [3.8, 4) is 0 Å². The number of carbonyl (C=O) groups excluding carboxylic acids is 1. The molecule has 1 amide bonds. The van der Waals surface area contributed by atoms with Crippen LogP contribution in [0.15, 0.2) is 24.7 Å². The largest absolute Gasteiger partial charge is 0.337 e. The molecular weight excluding hydrogens is 295 g/mol. The van der Waals surface area contributed by atoms with Crippen molar-refractivity contribution in [1.29, 1.82) is 0 Å². The highest BCUT2D eigenvalue weighted by Gasteiger charge is 2.34. The number of aromatic nitrogens is 3. The molecule has 0 N–H and O–H groups in total. The van der Waals surface area contributed by atoms with Crippen LogP contribution in [-0.4, -0.2) is 31.4 Å². The van der Waals surface area contributed by atoms with E-state index in [1.165, 1.54) is 0 Å². The molecule has 3 rings (SSSR count). The molecule has 0 saturated heterocycles. The average Bonchev–Trinajstić information content (AvgIpc) is 3.22. The SMILES string of the molecule is Cn1ccnc1CN(C(=O)c1cc(F)cnc1Cl)C1CC1. The molecule has 1 aliphatic carbocycles. The van der Waals surface area contributed by atoms with Gasteiger partial charge in [-0.15, -0.1) is 0 Å². The molecule has 0 unspecified atom stereocenters. The third-order valence-corrected chi connectivity index (χ3v) is 3.82. The van der Waals surface area contributed by atoms with Crippen molar-refractivity contribution < 1.29 is 9.18 Å². The molecule has 1 fully saturated rings. The number of hydrogen-bond acceptors (Lipinski definition) is 3. The third-order valence-electron chi connectivity index (χ3n) is 3.52. The number of imidazole rings is 1. The molecule has 0 atom stereocenters. The number of amides is 1. The lowest BCUT2D eigenvalue weighted by Crippen LogP contribution is -2.34. The van der Waals surface area contributed by atoms with Gasteiger partial charge in [-0.2, -0.15) is 0 Å². The molecule has 5 nitrogen and oxygen atoms in total. The van der Waals surface area contributed by atoms with E-state index in [9.17, 15) is 9.18 Å². The summed E-state index contributed by atoms with van der Waals surface area (Å²) in [6, 6.07) is 1.29. The summed E-state index contributed by atoms with van der Waals surface area (Å²) in [6.45, 7) is 0.375. The maximum atomic E-state index is 13.3. The lowest BCUT2D eigenvalue weighted by Gasteiger charge is -2.22. The normalized spacial score (nSPS) is 14.2. The predicted octanol–water partition coefficient (Wildman–Crippen LogP) is 2.41. The number of aryl methyl sites for hydroxylation is 1. The average molecular weight is 309 g/mol. The van der Waals surface area contributed by atoms with Crippen molar-refractivity contribution in [2.24, 2.45) is 7.05 Å². The zero-order chi connectivity index (χ0) is 15.0. The van der Waals surface area contributed by atoms with Crippen LogP contribution in [0.2, 0.25) is 5.15 Å². The molecule has 0 bridgehead atoms. The van der Waals surface area contributed by atoms with Crippen LogP contribution in [0.25, 0.3) is 0 Å². The highest BCUT2D eigenvalue weighted by Crippen LogP contribution is 2.30. The minimum Gasteiger partial charge on any atom is -0.337 e. The van der Waals surface area contributed by atoms with E-state index in [1.54, 1.807) is 11.1 Å². The van der Waals surface area contributed by atoms with Crippen LogP contribution in [0.1, 0.15) is 29.0 Å². The van der Waals surface area contributed by atoms with E-state index in [-0.39, 0.29) is 22.7 Å². The number of hydrogen-bond donors (Lipinski definition) is 0. The molecule has 0 spiro atoms. The first-order valence-electron chi connectivity index (χ1n) is 6.64. The van der Waals surface area contributed by atoms with Crippen molar-refractivity contribution in [2.75, 3.05) is 0 Å². The van der Waals surface area contributed by atoms with E-state index in [0.29, 0.717) is 6.54 Å². The van der Waals surface area contributed by atoms with Gasteiger partial charge in [-0.3, -0.25) is 4.79 Å². The van der Waals surface area contributed by atoms with Crippen molar-refractivity contribution in [1.82, 2.24) is 19.4 Å². The fourth-order valence-electron chi connectivity index (χ4n) is 2.18. The molecule has 2 aromatic heterocycles. The molecule has 21 heavy (non-hydrogen) atoms. The molecule has 110 valence electrons. The van der Waals surface area contributed by atoms with E-state index >= 15 is 0 Å². The summed E-state index contributed by atoms with van der Waals surface area (Å²) >= 11 is 5.93. The zero-order valence-corrected chi connectivity index (χ0v) is 12.2. The van der Waals surface area contributed by atoms with Crippen LogP contribution in [0.5, 0.6) is 0 Å². The van der Waals surface area contributed by atoms with Crippen molar-refractivity contribution in [3.05, 3.63) is 47.0 Å². The standard InChI is InChI=1S/C14H14ClFN4O/c1-19-5-4-17-12(19)8-20(10-2-3-10)14(21)11-6-9(16)7-18-13(11)15/h4-7,10H,2-3,8H2,1H3. The van der Waals surface area contributed by atoms with Crippen molar-refractivity contribution in [2.45, 2.75) is 25.4 Å². The van der Waals surface area contributed by atoms with Gasteiger partial charge in [0, 0.05) is 25.5 Å². The fraction of sp³-hybridized carbons (Fsp3) is 0.357. The number of pyridine rings is 1. The lowest BCUT2D eigenvalue weighted by atomic mass is 10.2. The lowest BCUT2D eigenvalue weighted by molar-refractivity contribution is 0.0723. The molecule has 1 aliphatic rings. The van der Waals surface area contributed by atoms with Gasteiger partial charge in [-0.05, 0) is 18.9 Å². The first-order chi connectivity index (χ1) is 10.1. The van der Waals surface area contributed by atoms with Gasteiger partial charge in [-0.25, -0.2) is 14.4 Å². The van der Waals surface area contributed by atoms with Gasteiger partial charge in [-0.1, -0.05) is 11.6 Å². The molecular formula is C14H14ClFN4O. The highest BCUT2D eigenvalue weighted by atomic mass is 35.5. The van der Waals surface area contributed by atoms with E-state index in [2.05, 4.69) is 9.97 Å². The van der Waals surface area contributed by atoms with E-state index in [0.717, 1.165) is 30.9 Å². The van der Waals surface area contributed by atoms with E-state index in [1.807, 2.05) is 17.8 Å². The second-order valence-corrected chi connectivity index (χ2v) is 5.47. The molecule has 0 aliphatic heterocycles. The summed E-state index contributed by atoms with van der Waals surface area (Å²) in [5.41, 5.74) is 0.0952. The number of halogens is 2. The van der Waals surface area contributed by atoms with Gasteiger partial charge >= 0.3 is 0 Å². The molecule has 1 saturated carbocycles. The van der Waals surface area contributed by atoms with Crippen LogP contribution in [0.4, 0.5) is 4.39 Å². The Labute approximate surface area is 126 Å². The predicted molar refractivity (Wildman–Crippen MR) is 75.3 cm³/mol. The fourth-order valence-corrected chi connectivity index (χ4v) is 2.37. The molecule has 7 heteroatoms. The van der Waals surface area contributed by atoms with Crippen LogP contribution in [0, 0.1) is 5.82 Å². The zero-order valence-electron chi connectivity index (χ0n) is 11.5. The number of carbonyl (C=O) groups is 1. The summed E-state index contributed by atoms with van der Waals surface area (Å²) in [5.74, 6) is -0.108. The second-order valence-electron chi connectivity index (χ2n) is 5.11.